The van der Waals surface area contributed by atoms with Gasteiger partial charge >= 0.3 is 18.3 Å². The number of benzene rings is 2. The van der Waals surface area contributed by atoms with Crippen LogP contribution in [0.5, 0.6) is 6.01 Å². The van der Waals surface area contributed by atoms with Gasteiger partial charge in [0.25, 0.3) is 0 Å². The first-order valence-corrected chi connectivity index (χ1v) is 12.8. The van der Waals surface area contributed by atoms with Crippen molar-refractivity contribution in [2.45, 2.75) is 58.8 Å². The van der Waals surface area contributed by atoms with E-state index in [-0.39, 0.29) is 18.6 Å². The SMILES string of the molecule is Cc1cccc(-c2c(C)c3nc(OC(=O)O)nc(N[C@H](C)C4CCC4)c3n2Cc2ccc(C(F)(F)F)cc2)c1. The number of carbonyl (C=O) groups is 1. The van der Waals surface area contributed by atoms with Crippen molar-refractivity contribution in [2.24, 2.45) is 5.92 Å². The molecule has 2 N–H and O–H groups in total. The number of aryl methyl sites for hydroxylation is 2. The van der Waals surface area contributed by atoms with E-state index < -0.39 is 17.9 Å². The molecule has 1 aliphatic rings. The highest BCUT2D eigenvalue weighted by Crippen LogP contribution is 2.39. The van der Waals surface area contributed by atoms with Gasteiger partial charge in [0.05, 0.1) is 11.3 Å². The lowest BCUT2D eigenvalue weighted by molar-refractivity contribution is -0.137. The number of nitrogens with zero attached hydrogens (tertiary/aromatic N) is 3. The minimum atomic E-state index is -4.43. The molecule has 204 valence electrons. The molecule has 1 fully saturated rings. The zero-order chi connectivity index (χ0) is 27.9. The maximum Gasteiger partial charge on any atom is 0.513 e. The molecular weight excluding hydrogens is 509 g/mol. The van der Waals surface area contributed by atoms with E-state index in [1.165, 1.54) is 12.1 Å². The molecule has 0 aliphatic heterocycles. The van der Waals surface area contributed by atoms with Gasteiger partial charge in [-0.05, 0) is 68.9 Å². The van der Waals surface area contributed by atoms with Crippen LogP contribution >= 0.6 is 0 Å². The first-order valence-electron chi connectivity index (χ1n) is 12.8. The zero-order valence-electron chi connectivity index (χ0n) is 21.8. The predicted molar refractivity (Wildman–Crippen MR) is 142 cm³/mol. The van der Waals surface area contributed by atoms with Crippen molar-refractivity contribution in [3.63, 3.8) is 0 Å². The third kappa shape index (κ3) is 5.41. The Morgan fingerprint density at radius 3 is 2.46 bits per heavy atom. The molecule has 5 rings (SSSR count). The summed E-state index contributed by atoms with van der Waals surface area (Å²) in [6.07, 6.45) is -2.62. The summed E-state index contributed by atoms with van der Waals surface area (Å²) < 4.78 is 46.5. The van der Waals surface area contributed by atoms with Crippen molar-refractivity contribution >= 4 is 23.0 Å². The molecule has 0 amide bonds. The number of alkyl halides is 3. The van der Waals surface area contributed by atoms with Crippen molar-refractivity contribution in [1.29, 1.82) is 0 Å². The average molecular weight is 539 g/mol. The Balaban J connectivity index is 1.72. The van der Waals surface area contributed by atoms with E-state index in [2.05, 4.69) is 22.2 Å². The summed E-state index contributed by atoms with van der Waals surface area (Å²) in [6, 6.07) is 12.8. The molecule has 0 spiro atoms. The number of carboxylic acid groups (broad SMARTS) is 1. The van der Waals surface area contributed by atoms with Gasteiger partial charge in [0, 0.05) is 18.2 Å². The summed E-state index contributed by atoms with van der Waals surface area (Å²) in [5.74, 6) is 0.874. The maximum absolute atomic E-state index is 13.2. The summed E-state index contributed by atoms with van der Waals surface area (Å²) in [5.41, 5.74) is 4.62. The molecule has 1 saturated carbocycles. The van der Waals surface area contributed by atoms with Crippen LogP contribution in [0.4, 0.5) is 23.8 Å². The summed E-state index contributed by atoms with van der Waals surface area (Å²) in [5, 5.41) is 12.7. The quantitative estimate of drug-likeness (QED) is 0.238. The molecule has 0 bridgehead atoms. The second-order valence-electron chi connectivity index (χ2n) is 10.2. The van der Waals surface area contributed by atoms with Gasteiger partial charge in [-0.25, -0.2) is 4.79 Å². The van der Waals surface area contributed by atoms with Crippen molar-refractivity contribution in [2.75, 3.05) is 5.32 Å². The minimum absolute atomic E-state index is 0.0617. The first kappa shape index (κ1) is 26.5. The Bertz CT molecular complexity index is 1530. The number of hydrogen-bond donors (Lipinski definition) is 2. The Morgan fingerprint density at radius 1 is 1.15 bits per heavy atom. The monoisotopic (exact) mass is 538 g/mol. The largest absolute Gasteiger partial charge is 0.513 e. The zero-order valence-corrected chi connectivity index (χ0v) is 21.8. The smallest absolute Gasteiger partial charge is 0.449 e. The van der Waals surface area contributed by atoms with Gasteiger partial charge in [-0.2, -0.15) is 23.1 Å². The Hall–Kier alpha value is -4.08. The van der Waals surface area contributed by atoms with Crippen molar-refractivity contribution in [3.8, 4) is 17.3 Å². The molecule has 0 saturated heterocycles. The molecule has 1 aliphatic carbocycles. The molecule has 2 heterocycles. The van der Waals surface area contributed by atoms with E-state index in [0.717, 1.165) is 53.8 Å². The standard InChI is InChI=1S/C29H29F3N4O3/c1-16-6-4-9-21(14-16)24-17(2)23-25(36(24)15-19-10-12-22(13-11-19)29(30,31)32)26(33-18(3)20-7-5-8-20)35-27(34-23)39-28(37)38/h4,6,9-14,18,20H,5,7-8,15H2,1-3H3,(H,37,38)(H,33,34,35)/t18-/m1/s1. The van der Waals surface area contributed by atoms with Crippen molar-refractivity contribution in [1.82, 2.24) is 14.5 Å². The van der Waals surface area contributed by atoms with Crippen LogP contribution in [-0.2, 0) is 12.7 Å². The van der Waals surface area contributed by atoms with E-state index in [4.69, 9.17) is 4.74 Å². The molecule has 0 radical (unpaired) electrons. The van der Waals surface area contributed by atoms with Crippen LogP contribution in [0, 0.1) is 19.8 Å². The Kier molecular flexibility index (Phi) is 6.96. The van der Waals surface area contributed by atoms with Gasteiger partial charge in [-0.15, -0.1) is 0 Å². The van der Waals surface area contributed by atoms with Gasteiger partial charge < -0.3 is 19.7 Å². The number of hydrogen-bond acceptors (Lipinski definition) is 5. The predicted octanol–water partition coefficient (Wildman–Crippen LogP) is 7.44. The Morgan fingerprint density at radius 2 is 1.87 bits per heavy atom. The van der Waals surface area contributed by atoms with Crippen LogP contribution in [0.15, 0.2) is 48.5 Å². The fourth-order valence-corrected chi connectivity index (χ4v) is 5.18. The van der Waals surface area contributed by atoms with Crippen LogP contribution in [0.2, 0.25) is 0 Å². The molecule has 10 heteroatoms. The highest BCUT2D eigenvalue weighted by atomic mass is 19.4. The van der Waals surface area contributed by atoms with Gasteiger partial charge in [-0.1, -0.05) is 42.3 Å². The van der Waals surface area contributed by atoms with Gasteiger partial charge in [0.15, 0.2) is 5.82 Å². The van der Waals surface area contributed by atoms with E-state index in [1.807, 2.05) is 42.7 Å². The lowest BCUT2D eigenvalue weighted by Gasteiger charge is -2.32. The van der Waals surface area contributed by atoms with E-state index in [0.29, 0.717) is 28.3 Å². The molecule has 39 heavy (non-hydrogen) atoms. The van der Waals surface area contributed by atoms with Crippen LogP contribution in [0.3, 0.4) is 0 Å². The highest BCUT2D eigenvalue weighted by molar-refractivity contribution is 5.95. The minimum Gasteiger partial charge on any atom is -0.449 e. The van der Waals surface area contributed by atoms with E-state index >= 15 is 0 Å². The van der Waals surface area contributed by atoms with Crippen molar-refractivity contribution in [3.05, 3.63) is 70.8 Å². The second kappa shape index (κ2) is 10.2. The normalized spacial score (nSPS) is 14.7. The number of anilines is 1. The molecule has 4 aromatic rings. The lowest BCUT2D eigenvalue weighted by atomic mass is 9.80. The fraction of sp³-hybridized carbons (Fsp3) is 0.345. The van der Waals surface area contributed by atoms with Crippen LogP contribution < -0.4 is 10.1 Å². The van der Waals surface area contributed by atoms with Crippen molar-refractivity contribution < 1.29 is 27.8 Å². The topological polar surface area (TPSA) is 89.3 Å². The third-order valence-corrected chi connectivity index (χ3v) is 7.43. The number of halogens is 3. The average Bonchev–Trinajstić information content (AvgIpc) is 3.08. The number of rotatable bonds is 7. The lowest BCUT2D eigenvalue weighted by Crippen LogP contribution is -2.31. The molecule has 1 atom stereocenters. The highest BCUT2D eigenvalue weighted by Gasteiger charge is 2.31. The van der Waals surface area contributed by atoms with Gasteiger partial charge in [0.2, 0.25) is 0 Å². The third-order valence-electron chi connectivity index (χ3n) is 7.43. The molecule has 2 aromatic carbocycles. The molecule has 2 aromatic heterocycles. The molecular formula is C29H29F3N4O3. The number of aromatic nitrogens is 3. The van der Waals surface area contributed by atoms with Crippen LogP contribution in [0.25, 0.3) is 22.3 Å². The van der Waals surface area contributed by atoms with E-state index in [9.17, 15) is 23.1 Å². The summed E-state index contributed by atoms with van der Waals surface area (Å²) >= 11 is 0. The van der Waals surface area contributed by atoms with Gasteiger partial charge in [0.1, 0.15) is 11.0 Å². The van der Waals surface area contributed by atoms with Crippen LogP contribution in [-0.4, -0.2) is 31.8 Å². The number of ether oxygens (including phenoxy) is 1. The molecule has 7 nitrogen and oxygen atoms in total. The van der Waals surface area contributed by atoms with Gasteiger partial charge in [-0.3, -0.25) is 0 Å². The summed E-state index contributed by atoms with van der Waals surface area (Å²) in [7, 11) is 0. The number of nitrogens with one attached hydrogen (secondary N) is 1. The fourth-order valence-electron chi connectivity index (χ4n) is 5.18. The molecule has 0 unspecified atom stereocenters. The number of fused-ring (bicyclic) bond motifs is 1. The maximum atomic E-state index is 13.2. The second-order valence-corrected chi connectivity index (χ2v) is 10.2. The van der Waals surface area contributed by atoms with E-state index in [1.54, 1.807) is 0 Å². The summed E-state index contributed by atoms with van der Waals surface area (Å²) in [6.45, 7) is 6.18. The Labute approximate surface area is 223 Å². The summed E-state index contributed by atoms with van der Waals surface area (Å²) in [4.78, 5) is 20.2. The first-order chi connectivity index (χ1) is 18.5. The van der Waals surface area contributed by atoms with Crippen LogP contribution in [0.1, 0.15) is 48.4 Å².